The Morgan fingerprint density at radius 3 is 2.75 bits per heavy atom. The van der Waals surface area contributed by atoms with Crippen LogP contribution in [0.3, 0.4) is 0 Å². The third kappa shape index (κ3) is 1.81. The molecule has 2 aliphatic heterocycles. The lowest BCUT2D eigenvalue weighted by atomic mass is 10.0. The van der Waals surface area contributed by atoms with Crippen molar-refractivity contribution < 1.29 is 4.74 Å². The minimum Gasteiger partial charge on any atom is -0.380 e. The van der Waals surface area contributed by atoms with E-state index in [0.29, 0.717) is 6.04 Å². The van der Waals surface area contributed by atoms with Crippen molar-refractivity contribution in [2.45, 2.75) is 12.5 Å². The third-order valence-corrected chi connectivity index (χ3v) is 2.66. The average molecular weight is 166 g/mol. The van der Waals surface area contributed by atoms with Crippen LogP contribution in [0.1, 0.15) is 6.42 Å². The molecule has 2 heterocycles. The van der Waals surface area contributed by atoms with Crippen LogP contribution in [0.15, 0.2) is 0 Å². The highest BCUT2D eigenvalue weighted by Crippen LogP contribution is 2.13. The Morgan fingerprint density at radius 1 is 1.17 bits per heavy atom. The van der Waals surface area contributed by atoms with E-state index in [-0.39, 0.29) is 0 Å². The summed E-state index contributed by atoms with van der Waals surface area (Å²) in [7, 11) is 5.59. The summed E-state index contributed by atoms with van der Waals surface area (Å²) in [6, 6.07) is 0.691. The van der Waals surface area contributed by atoms with Gasteiger partial charge in [-0.2, -0.15) is 0 Å². The van der Waals surface area contributed by atoms with E-state index in [2.05, 4.69) is 4.90 Å². The van der Waals surface area contributed by atoms with E-state index < -0.39 is 0 Å². The Balaban J connectivity index is 1.78. The maximum atomic E-state index is 5.59. The van der Waals surface area contributed by atoms with E-state index in [0.717, 1.165) is 32.8 Å². The molecule has 0 unspecified atom stereocenters. The lowest BCUT2D eigenvalue weighted by molar-refractivity contribution is 0.0809. The largest absolute Gasteiger partial charge is 0.380 e. The number of hydrogen-bond donors (Lipinski definition) is 0. The first-order valence-electron chi connectivity index (χ1n) is 4.68. The lowest BCUT2D eigenvalue weighted by Crippen LogP contribution is -2.58. The first kappa shape index (κ1) is 8.54. The maximum absolute atomic E-state index is 5.59. The van der Waals surface area contributed by atoms with Gasteiger partial charge in [0.2, 0.25) is 0 Å². The van der Waals surface area contributed by atoms with E-state index in [1.165, 1.54) is 13.0 Å². The molecule has 2 radical (unpaired) electrons. The lowest BCUT2D eigenvalue weighted by Gasteiger charge is -2.43. The molecule has 0 saturated carbocycles. The van der Waals surface area contributed by atoms with Crippen molar-refractivity contribution >= 4 is 7.98 Å². The van der Waals surface area contributed by atoms with Crippen LogP contribution in [0, 0.1) is 0 Å². The number of hydrogen-bond acceptors (Lipinski definition) is 3. The molecule has 0 N–H and O–H groups in total. The standard InChI is InChI=1S/C8H15BN2O/c9-11-6-8(7-11)10-2-1-4-12-5-3-10/h8H,1-7H2. The molecule has 0 atom stereocenters. The van der Waals surface area contributed by atoms with Crippen LogP contribution < -0.4 is 0 Å². The Kier molecular flexibility index (Phi) is 2.68. The smallest absolute Gasteiger partial charge is 0.182 e. The van der Waals surface area contributed by atoms with Crippen LogP contribution >= 0.6 is 0 Å². The highest BCUT2D eigenvalue weighted by atomic mass is 16.5. The normalized spacial score (nSPS) is 29.7. The van der Waals surface area contributed by atoms with E-state index in [9.17, 15) is 0 Å². The van der Waals surface area contributed by atoms with E-state index >= 15 is 0 Å². The molecule has 4 heteroatoms. The molecule has 3 nitrogen and oxygen atoms in total. The first-order valence-corrected chi connectivity index (χ1v) is 4.68. The van der Waals surface area contributed by atoms with Crippen molar-refractivity contribution in [3.05, 3.63) is 0 Å². The fourth-order valence-corrected chi connectivity index (χ4v) is 1.85. The predicted molar refractivity (Wildman–Crippen MR) is 48.1 cm³/mol. The minimum absolute atomic E-state index is 0.691. The minimum atomic E-state index is 0.691. The van der Waals surface area contributed by atoms with Gasteiger partial charge in [-0.15, -0.1) is 0 Å². The van der Waals surface area contributed by atoms with Crippen molar-refractivity contribution in [3.8, 4) is 0 Å². The molecule has 2 saturated heterocycles. The van der Waals surface area contributed by atoms with Gasteiger partial charge in [0.15, 0.2) is 7.98 Å². The van der Waals surface area contributed by atoms with Crippen molar-refractivity contribution in [2.75, 3.05) is 39.4 Å². The molecule has 0 aromatic rings. The zero-order valence-electron chi connectivity index (χ0n) is 7.41. The molecule has 0 amide bonds. The number of ether oxygens (including phenoxy) is 1. The van der Waals surface area contributed by atoms with Gasteiger partial charge < -0.3 is 9.55 Å². The van der Waals surface area contributed by atoms with Gasteiger partial charge in [0.1, 0.15) is 0 Å². The quantitative estimate of drug-likeness (QED) is 0.487. The summed E-state index contributed by atoms with van der Waals surface area (Å²) in [5, 5.41) is 0. The molecule has 2 rings (SSSR count). The highest BCUT2D eigenvalue weighted by Gasteiger charge is 2.28. The molecule has 0 aliphatic carbocycles. The zero-order valence-corrected chi connectivity index (χ0v) is 7.41. The highest BCUT2D eigenvalue weighted by molar-refractivity contribution is 6.04. The first-order chi connectivity index (χ1) is 5.86. The van der Waals surface area contributed by atoms with Gasteiger partial charge in [-0.05, 0) is 6.42 Å². The summed E-state index contributed by atoms with van der Waals surface area (Å²) in [5.41, 5.74) is 0. The summed E-state index contributed by atoms with van der Waals surface area (Å²) in [6.07, 6.45) is 1.17. The Morgan fingerprint density at radius 2 is 2.00 bits per heavy atom. The van der Waals surface area contributed by atoms with Gasteiger partial charge in [-0.3, -0.25) is 4.90 Å². The molecule has 2 fully saturated rings. The van der Waals surface area contributed by atoms with Gasteiger partial charge in [-0.25, -0.2) is 0 Å². The molecular formula is C8H15BN2O. The summed E-state index contributed by atoms with van der Waals surface area (Å²) >= 11 is 0. The van der Waals surface area contributed by atoms with Crippen LogP contribution in [0.5, 0.6) is 0 Å². The second kappa shape index (κ2) is 3.77. The van der Waals surface area contributed by atoms with Crippen LogP contribution in [0.25, 0.3) is 0 Å². The van der Waals surface area contributed by atoms with Gasteiger partial charge in [0.25, 0.3) is 0 Å². The topological polar surface area (TPSA) is 15.7 Å². The fourth-order valence-electron chi connectivity index (χ4n) is 1.85. The van der Waals surface area contributed by atoms with Gasteiger partial charge in [0.05, 0.1) is 6.61 Å². The Labute approximate surface area is 75.1 Å². The molecule has 0 aromatic carbocycles. The molecule has 12 heavy (non-hydrogen) atoms. The van der Waals surface area contributed by atoms with Crippen LogP contribution in [-0.4, -0.2) is 63.1 Å². The molecule has 0 aromatic heterocycles. The predicted octanol–water partition coefficient (Wildman–Crippen LogP) is -0.524. The van der Waals surface area contributed by atoms with E-state index in [4.69, 9.17) is 12.7 Å². The van der Waals surface area contributed by atoms with Crippen LogP contribution in [-0.2, 0) is 4.74 Å². The SMILES string of the molecule is [B]N1CC(N2CCCOCC2)C1. The zero-order chi connectivity index (χ0) is 8.39. The second-order valence-electron chi connectivity index (χ2n) is 3.61. The Hall–Kier alpha value is -0.0551. The summed E-state index contributed by atoms with van der Waals surface area (Å²) in [6.45, 7) is 6.13. The molecule has 0 bridgehead atoms. The number of nitrogens with zero attached hydrogens (tertiary/aromatic N) is 2. The van der Waals surface area contributed by atoms with E-state index in [1.54, 1.807) is 0 Å². The summed E-state index contributed by atoms with van der Waals surface area (Å²) in [5.74, 6) is 0. The van der Waals surface area contributed by atoms with Gasteiger partial charge in [0, 0.05) is 38.8 Å². The van der Waals surface area contributed by atoms with Crippen molar-refractivity contribution in [1.82, 2.24) is 9.71 Å². The van der Waals surface area contributed by atoms with Gasteiger partial charge in [-0.1, -0.05) is 0 Å². The molecule has 0 spiro atoms. The van der Waals surface area contributed by atoms with Crippen molar-refractivity contribution in [1.29, 1.82) is 0 Å². The second-order valence-corrected chi connectivity index (χ2v) is 3.61. The third-order valence-electron chi connectivity index (χ3n) is 2.66. The van der Waals surface area contributed by atoms with Crippen molar-refractivity contribution in [2.24, 2.45) is 0 Å². The molecular weight excluding hydrogens is 151 g/mol. The van der Waals surface area contributed by atoms with Crippen LogP contribution in [0.2, 0.25) is 0 Å². The number of rotatable bonds is 1. The maximum Gasteiger partial charge on any atom is 0.182 e. The van der Waals surface area contributed by atoms with Crippen molar-refractivity contribution in [3.63, 3.8) is 0 Å². The van der Waals surface area contributed by atoms with Gasteiger partial charge >= 0.3 is 0 Å². The Bertz CT molecular complexity index is 142. The summed E-state index contributed by atoms with van der Waals surface area (Å²) < 4.78 is 5.38. The fraction of sp³-hybridized carbons (Fsp3) is 1.00. The van der Waals surface area contributed by atoms with E-state index in [1.807, 2.05) is 4.81 Å². The average Bonchev–Trinajstić information content (AvgIpc) is 2.26. The van der Waals surface area contributed by atoms with Crippen LogP contribution in [0.4, 0.5) is 0 Å². The molecule has 66 valence electrons. The molecule has 2 aliphatic rings. The monoisotopic (exact) mass is 166 g/mol. The summed E-state index contributed by atoms with van der Waals surface area (Å²) in [4.78, 5) is 4.37.